The van der Waals surface area contributed by atoms with E-state index in [1.54, 1.807) is 0 Å². The molecule has 1 aromatic carbocycles. The summed E-state index contributed by atoms with van der Waals surface area (Å²) in [5.74, 6) is -0.920. The molecule has 1 N–H and O–H groups in total. The smallest absolute Gasteiger partial charge is 0.358 e. The Bertz CT molecular complexity index is 1020. The molecule has 4 rings (SSSR count). The Labute approximate surface area is 162 Å². The molecule has 2 saturated heterocycles. The number of rotatable bonds is 5. The number of amides is 1. The van der Waals surface area contributed by atoms with Crippen molar-refractivity contribution in [2.45, 2.75) is 24.9 Å². The average molecular weight is 402 g/mol. The van der Waals surface area contributed by atoms with Crippen LogP contribution >= 0.6 is 0 Å². The van der Waals surface area contributed by atoms with Crippen molar-refractivity contribution in [3.63, 3.8) is 0 Å². The number of hydrazone groups is 1. The third-order valence-corrected chi connectivity index (χ3v) is 4.57. The van der Waals surface area contributed by atoms with E-state index in [1.807, 2.05) is 0 Å². The quantitative estimate of drug-likeness (QED) is 0.575. The fourth-order valence-electron chi connectivity index (χ4n) is 3.16. The van der Waals surface area contributed by atoms with Crippen LogP contribution in [0.15, 0.2) is 41.6 Å². The number of aromatic nitrogens is 2. The number of hydrogen-bond donors (Lipinski definition) is 1. The van der Waals surface area contributed by atoms with E-state index in [9.17, 15) is 25.0 Å². The third kappa shape index (κ3) is 3.68. The molecule has 0 radical (unpaired) electrons. The number of nitrogens with one attached hydrogen (secondary N) is 1. The molecule has 0 aliphatic carbocycles. The van der Waals surface area contributed by atoms with Gasteiger partial charge in [-0.3, -0.25) is 14.9 Å². The topological polar surface area (TPSA) is 164 Å². The summed E-state index contributed by atoms with van der Waals surface area (Å²) in [5.41, 5.74) is 2.58. The summed E-state index contributed by atoms with van der Waals surface area (Å²) >= 11 is 0. The molecule has 150 valence electrons. The first-order valence-electron chi connectivity index (χ1n) is 8.50. The number of benzene rings is 1. The molecule has 2 aliphatic rings. The molecule has 13 heteroatoms. The average Bonchev–Trinajstić information content (AvgIpc) is 3.36. The molecule has 0 spiro atoms. The van der Waals surface area contributed by atoms with Crippen molar-refractivity contribution in [1.82, 2.24) is 15.2 Å². The van der Waals surface area contributed by atoms with Gasteiger partial charge in [0.25, 0.3) is 11.6 Å². The van der Waals surface area contributed by atoms with Gasteiger partial charge in [0.2, 0.25) is 0 Å². The van der Waals surface area contributed by atoms with Crippen molar-refractivity contribution in [2.75, 3.05) is 6.61 Å². The predicted octanol–water partition coefficient (Wildman–Crippen LogP) is 1.17. The molecule has 29 heavy (non-hydrogen) atoms. The van der Waals surface area contributed by atoms with Crippen molar-refractivity contribution in [2.24, 2.45) is 5.10 Å². The number of fused-ring (bicyclic) bond motifs is 2. The lowest BCUT2D eigenvalue weighted by molar-refractivity contribution is -0.389. The van der Waals surface area contributed by atoms with Crippen molar-refractivity contribution in [3.8, 4) is 0 Å². The first-order valence-corrected chi connectivity index (χ1v) is 8.50. The zero-order valence-corrected chi connectivity index (χ0v) is 14.7. The molecule has 3 atom stereocenters. The summed E-state index contributed by atoms with van der Waals surface area (Å²) in [6, 6.07) is 6.13. The molecule has 3 heterocycles. The molecule has 2 aliphatic heterocycles. The Morgan fingerprint density at radius 2 is 2.10 bits per heavy atom. The lowest BCUT2D eigenvalue weighted by Gasteiger charge is -2.26. The second-order valence-electron chi connectivity index (χ2n) is 6.37. The van der Waals surface area contributed by atoms with E-state index in [0.717, 1.165) is 6.07 Å². The lowest BCUT2D eigenvalue weighted by atomic mass is 10.0. The molecule has 1 aromatic heterocycles. The van der Waals surface area contributed by atoms with Crippen LogP contribution in [0.25, 0.3) is 0 Å². The first-order chi connectivity index (χ1) is 13.9. The Balaban J connectivity index is 1.51. The number of nitro groups is 2. The molecule has 2 aromatic rings. The van der Waals surface area contributed by atoms with Crippen LogP contribution in [0, 0.1) is 20.2 Å². The van der Waals surface area contributed by atoms with Crippen molar-refractivity contribution < 1.29 is 24.1 Å². The van der Waals surface area contributed by atoms with Gasteiger partial charge < -0.3 is 19.6 Å². The number of nitrogens with zero attached hydrogens (tertiary/aromatic N) is 5. The summed E-state index contributed by atoms with van der Waals surface area (Å²) in [6.45, 7) is 0.251. The second-order valence-corrected chi connectivity index (χ2v) is 6.37. The maximum atomic E-state index is 12.3. The minimum Gasteiger partial charge on any atom is -0.358 e. The van der Waals surface area contributed by atoms with Gasteiger partial charge in [0.15, 0.2) is 6.29 Å². The summed E-state index contributed by atoms with van der Waals surface area (Å²) in [4.78, 5) is 32.8. The van der Waals surface area contributed by atoms with Gasteiger partial charge in [0.1, 0.15) is 12.1 Å². The standard InChI is InChI=1S/C16H14N6O7/c23-15(9-2-1-3-10(6-9)21(24)25)18-17-11-7-12(13-8-28-16(11)29-13)20-5-4-14(19-20)22(26)27/h1-6,12-13,16H,7-8H2,(H,18,23)/b17-11-. The Kier molecular flexibility index (Phi) is 4.74. The molecule has 3 unspecified atom stereocenters. The Morgan fingerprint density at radius 1 is 1.28 bits per heavy atom. The van der Waals surface area contributed by atoms with Crippen molar-refractivity contribution >= 4 is 23.1 Å². The lowest BCUT2D eigenvalue weighted by Crippen LogP contribution is -2.38. The fraction of sp³-hybridized carbons (Fsp3) is 0.312. The van der Waals surface area contributed by atoms with E-state index in [-0.39, 0.29) is 29.8 Å². The highest BCUT2D eigenvalue weighted by atomic mass is 16.7. The van der Waals surface area contributed by atoms with Gasteiger partial charge in [0, 0.05) is 24.1 Å². The molecule has 2 bridgehead atoms. The molecule has 13 nitrogen and oxygen atoms in total. The van der Waals surface area contributed by atoms with Gasteiger partial charge in [-0.25, -0.2) is 5.43 Å². The fourth-order valence-corrected chi connectivity index (χ4v) is 3.16. The van der Waals surface area contributed by atoms with Crippen LogP contribution in [0.2, 0.25) is 0 Å². The van der Waals surface area contributed by atoms with E-state index in [1.165, 1.54) is 35.1 Å². The zero-order chi connectivity index (χ0) is 20.5. The molecule has 2 fully saturated rings. The number of hydrogen-bond acceptors (Lipinski definition) is 9. The Morgan fingerprint density at radius 3 is 2.83 bits per heavy atom. The van der Waals surface area contributed by atoms with E-state index in [2.05, 4.69) is 15.6 Å². The van der Waals surface area contributed by atoms with Crippen molar-refractivity contribution in [3.05, 3.63) is 62.3 Å². The van der Waals surface area contributed by atoms with E-state index in [0.29, 0.717) is 12.1 Å². The van der Waals surface area contributed by atoms with Crippen LogP contribution in [-0.4, -0.2) is 50.2 Å². The van der Waals surface area contributed by atoms with Gasteiger partial charge in [0.05, 0.1) is 34.6 Å². The highest BCUT2D eigenvalue weighted by Crippen LogP contribution is 2.33. The number of carbonyl (C=O) groups is 1. The molecular weight excluding hydrogens is 388 g/mol. The van der Waals surface area contributed by atoms with E-state index in [4.69, 9.17) is 9.47 Å². The SMILES string of the molecule is O=C(N/N=C1/CC(n2ccc([N+](=O)[O-])n2)C2COC1O2)c1cccc([N+](=O)[O-])c1. The normalized spacial score (nSPS) is 24.4. The van der Waals surface area contributed by atoms with Crippen LogP contribution in [-0.2, 0) is 9.47 Å². The highest BCUT2D eigenvalue weighted by Gasteiger charge is 2.44. The molecule has 0 saturated carbocycles. The predicted molar refractivity (Wildman–Crippen MR) is 95.1 cm³/mol. The Hall–Kier alpha value is -3.71. The summed E-state index contributed by atoms with van der Waals surface area (Å²) in [7, 11) is 0. The monoisotopic (exact) mass is 402 g/mol. The third-order valence-electron chi connectivity index (χ3n) is 4.57. The maximum absolute atomic E-state index is 12.3. The van der Waals surface area contributed by atoms with E-state index < -0.39 is 28.1 Å². The van der Waals surface area contributed by atoms with E-state index >= 15 is 0 Å². The zero-order valence-electron chi connectivity index (χ0n) is 14.7. The van der Waals surface area contributed by atoms with Gasteiger partial charge in [-0.05, 0) is 11.0 Å². The van der Waals surface area contributed by atoms with Crippen LogP contribution < -0.4 is 5.43 Å². The second kappa shape index (κ2) is 7.37. The van der Waals surface area contributed by atoms with Crippen LogP contribution in [0.3, 0.4) is 0 Å². The minimum atomic E-state index is -0.743. The van der Waals surface area contributed by atoms with Gasteiger partial charge in [-0.2, -0.15) is 9.78 Å². The summed E-state index contributed by atoms with van der Waals surface area (Å²) in [6.07, 6.45) is 0.672. The van der Waals surface area contributed by atoms with Crippen molar-refractivity contribution in [1.29, 1.82) is 0 Å². The number of ether oxygens (including phenoxy) is 2. The van der Waals surface area contributed by atoms with Gasteiger partial charge in [-0.15, -0.1) is 0 Å². The molecule has 1 amide bonds. The summed E-state index contributed by atoms with van der Waals surface area (Å²) < 4.78 is 12.6. The number of non-ortho nitro benzene ring substituents is 1. The van der Waals surface area contributed by atoms with Gasteiger partial charge in [-0.1, -0.05) is 6.07 Å². The molecular formula is C16H14N6O7. The van der Waals surface area contributed by atoms with Crippen LogP contribution in [0.1, 0.15) is 22.8 Å². The number of carbonyl (C=O) groups excluding carboxylic acids is 1. The van der Waals surface area contributed by atoms with Gasteiger partial charge >= 0.3 is 5.82 Å². The van der Waals surface area contributed by atoms with Crippen LogP contribution in [0.4, 0.5) is 11.5 Å². The maximum Gasteiger partial charge on any atom is 0.389 e. The highest BCUT2D eigenvalue weighted by molar-refractivity contribution is 5.96. The first kappa shape index (κ1) is 18.6. The number of nitro benzene ring substituents is 1. The minimum absolute atomic E-state index is 0.0738. The largest absolute Gasteiger partial charge is 0.389 e. The van der Waals surface area contributed by atoms with Crippen LogP contribution in [0.5, 0.6) is 0 Å². The summed E-state index contributed by atoms with van der Waals surface area (Å²) in [5, 5.41) is 29.7.